The van der Waals surface area contributed by atoms with Gasteiger partial charge in [-0.15, -0.1) is 0 Å². The molecular weight excluding hydrogens is 417 g/mol. The number of benzene rings is 2. The molecule has 0 bridgehead atoms. The average Bonchev–Trinajstić information content (AvgIpc) is 3.03. The molecule has 7 heteroatoms. The molecular formula is C24H27ClFN3O2. The number of piperazine rings is 1. The van der Waals surface area contributed by atoms with E-state index in [1.165, 1.54) is 0 Å². The molecule has 0 aliphatic carbocycles. The molecule has 2 heterocycles. The maximum atomic E-state index is 14.7. The minimum absolute atomic E-state index is 0.104. The number of hydrogen-bond acceptors (Lipinski definition) is 4. The van der Waals surface area contributed by atoms with Crippen LogP contribution in [0.15, 0.2) is 42.5 Å². The van der Waals surface area contributed by atoms with E-state index in [0.717, 1.165) is 53.8 Å². The predicted octanol–water partition coefficient (Wildman–Crippen LogP) is 4.05. The molecule has 31 heavy (non-hydrogen) atoms. The Balaban J connectivity index is 1.26. The number of anilines is 1. The highest BCUT2D eigenvalue weighted by Crippen LogP contribution is 2.30. The monoisotopic (exact) mass is 443 g/mol. The van der Waals surface area contributed by atoms with Gasteiger partial charge in [0, 0.05) is 39.3 Å². The largest absolute Gasteiger partial charge is 0.368 e. The molecule has 0 radical (unpaired) electrons. The van der Waals surface area contributed by atoms with Crippen molar-refractivity contribution >= 4 is 29.1 Å². The number of rotatable bonds is 7. The Labute approximate surface area is 187 Å². The zero-order valence-corrected chi connectivity index (χ0v) is 18.4. The zero-order chi connectivity index (χ0) is 22.0. The van der Waals surface area contributed by atoms with Crippen LogP contribution in [0, 0.1) is 0 Å². The van der Waals surface area contributed by atoms with Gasteiger partial charge < -0.3 is 4.90 Å². The number of fused-ring (bicyclic) bond motifs is 1. The fourth-order valence-corrected chi connectivity index (χ4v) is 4.72. The van der Waals surface area contributed by atoms with Crippen molar-refractivity contribution < 1.29 is 14.0 Å². The van der Waals surface area contributed by atoms with Gasteiger partial charge in [0.1, 0.15) is 6.17 Å². The van der Waals surface area contributed by atoms with Gasteiger partial charge in [-0.1, -0.05) is 42.8 Å². The lowest BCUT2D eigenvalue weighted by atomic mass is 10.1. The highest BCUT2D eigenvalue weighted by molar-refractivity contribution is 6.34. The SMILES string of the molecule is CCc1cccc(N2CCN(C[C@@H](F)CCN3C(=O)c4ccccc4C3=O)CC2)c1Cl. The first-order valence-electron chi connectivity index (χ1n) is 10.8. The fraction of sp³-hybridized carbons (Fsp3) is 0.417. The van der Waals surface area contributed by atoms with Crippen LogP contribution in [-0.2, 0) is 6.42 Å². The molecule has 4 rings (SSSR count). The summed E-state index contributed by atoms with van der Waals surface area (Å²) in [5, 5.41) is 0.808. The molecule has 0 unspecified atom stereocenters. The minimum atomic E-state index is -1.09. The molecule has 2 amide bonds. The molecule has 1 atom stereocenters. The van der Waals surface area contributed by atoms with Crippen LogP contribution in [0.3, 0.4) is 0 Å². The summed E-state index contributed by atoms with van der Waals surface area (Å²) in [6, 6.07) is 12.9. The van der Waals surface area contributed by atoms with E-state index in [4.69, 9.17) is 11.6 Å². The van der Waals surface area contributed by atoms with Gasteiger partial charge in [-0.05, 0) is 36.6 Å². The molecule has 2 aliphatic heterocycles. The topological polar surface area (TPSA) is 43.9 Å². The molecule has 1 fully saturated rings. The van der Waals surface area contributed by atoms with E-state index >= 15 is 0 Å². The molecule has 2 aliphatic rings. The van der Waals surface area contributed by atoms with Crippen molar-refractivity contribution in [2.45, 2.75) is 25.9 Å². The number of carbonyl (C=O) groups excluding carboxylic acids is 2. The number of amides is 2. The summed E-state index contributed by atoms with van der Waals surface area (Å²) < 4.78 is 14.7. The van der Waals surface area contributed by atoms with E-state index in [0.29, 0.717) is 17.7 Å². The van der Waals surface area contributed by atoms with Crippen molar-refractivity contribution in [1.82, 2.24) is 9.80 Å². The van der Waals surface area contributed by atoms with Gasteiger partial charge in [-0.25, -0.2) is 4.39 Å². The summed E-state index contributed by atoms with van der Waals surface area (Å²) in [6.07, 6.45) is -0.0536. The first-order chi connectivity index (χ1) is 15.0. The summed E-state index contributed by atoms with van der Waals surface area (Å²) in [6.45, 7) is 5.58. The number of halogens is 2. The van der Waals surface area contributed by atoms with Gasteiger partial charge in [0.15, 0.2) is 0 Å². The van der Waals surface area contributed by atoms with Gasteiger partial charge in [0.2, 0.25) is 0 Å². The lowest BCUT2D eigenvalue weighted by Gasteiger charge is -2.37. The van der Waals surface area contributed by atoms with Crippen LogP contribution in [-0.4, -0.2) is 67.1 Å². The smallest absolute Gasteiger partial charge is 0.261 e. The standard InChI is InChI=1S/C24H27ClFN3O2/c1-2-17-6-5-9-21(22(17)25)28-14-12-27(13-15-28)16-18(26)10-11-29-23(30)19-7-3-4-8-20(19)24(29)31/h3-9,18H,2,10-16H2,1H3/t18-/m0/s1. The number of alkyl halides is 1. The first-order valence-corrected chi connectivity index (χ1v) is 11.2. The van der Waals surface area contributed by atoms with E-state index in [2.05, 4.69) is 16.7 Å². The predicted molar refractivity (Wildman–Crippen MR) is 121 cm³/mol. The molecule has 0 N–H and O–H groups in total. The highest BCUT2D eigenvalue weighted by Gasteiger charge is 2.35. The Morgan fingerprint density at radius 2 is 1.61 bits per heavy atom. The van der Waals surface area contributed by atoms with Crippen molar-refractivity contribution in [3.63, 3.8) is 0 Å². The number of hydrogen-bond donors (Lipinski definition) is 0. The summed E-state index contributed by atoms with van der Waals surface area (Å²) in [4.78, 5) is 30.3. The number of imide groups is 1. The number of aryl methyl sites for hydroxylation is 1. The quantitative estimate of drug-likeness (QED) is 0.605. The lowest BCUT2D eigenvalue weighted by Crippen LogP contribution is -2.48. The van der Waals surface area contributed by atoms with Crippen LogP contribution >= 0.6 is 11.6 Å². The second-order valence-corrected chi connectivity index (χ2v) is 8.46. The second-order valence-electron chi connectivity index (χ2n) is 8.08. The maximum absolute atomic E-state index is 14.7. The van der Waals surface area contributed by atoms with Crippen LogP contribution < -0.4 is 4.90 Å². The summed E-state index contributed by atoms with van der Waals surface area (Å²) >= 11 is 6.55. The van der Waals surface area contributed by atoms with Gasteiger partial charge in [0.25, 0.3) is 11.8 Å². The molecule has 2 aromatic carbocycles. The Morgan fingerprint density at radius 1 is 0.968 bits per heavy atom. The van der Waals surface area contributed by atoms with E-state index in [1.54, 1.807) is 24.3 Å². The molecule has 0 spiro atoms. The summed E-state index contributed by atoms with van der Waals surface area (Å²) in [5.41, 5.74) is 3.00. The molecule has 1 saturated heterocycles. The van der Waals surface area contributed by atoms with Crippen LogP contribution in [0.25, 0.3) is 0 Å². The number of carbonyl (C=O) groups is 2. The molecule has 0 aromatic heterocycles. The lowest BCUT2D eigenvalue weighted by molar-refractivity contribution is 0.0635. The summed E-state index contributed by atoms with van der Waals surface area (Å²) in [5.74, 6) is -0.653. The van der Waals surface area contributed by atoms with E-state index in [-0.39, 0.29) is 24.8 Å². The van der Waals surface area contributed by atoms with Crippen LogP contribution in [0.4, 0.5) is 10.1 Å². The Morgan fingerprint density at radius 3 is 2.23 bits per heavy atom. The molecule has 5 nitrogen and oxygen atoms in total. The van der Waals surface area contributed by atoms with E-state index in [1.807, 2.05) is 18.2 Å². The maximum Gasteiger partial charge on any atom is 0.261 e. The van der Waals surface area contributed by atoms with Crippen molar-refractivity contribution in [3.8, 4) is 0 Å². The molecule has 2 aromatic rings. The number of nitrogens with zero attached hydrogens (tertiary/aromatic N) is 3. The van der Waals surface area contributed by atoms with Crippen LogP contribution in [0.1, 0.15) is 39.6 Å². The first kappa shape index (κ1) is 21.8. The zero-order valence-electron chi connectivity index (χ0n) is 17.7. The Kier molecular flexibility index (Phi) is 6.58. The van der Waals surface area contributed by atoms with Gasteiger partial charge in [-0.2, -0.15) is 0 Å². The second kappa shape index (κ2) is 9.37. The summed E-state index contributed by atoms with van der Waals surface area (Å²) in [7, 11) is 0. The van der Waals surface area contributed by atoms with Crippen molar-refractivity contribution in [1.29, 1.82) is 0 Å². The normalized spacial score (nSPS) is 17.9. The fourth-order valence-electron chi connectivity index (χ4n) is 4.34. The van der Waals surface area contributed by atoms with E-state index < -0.39 is 6.17 Å². The van der Waals surface area contributed by atoms with E-state index in [9.17, 15) is 14.0 Å². The van der Waals surface area contributed by atoms with Gasteiger partial charge >= 0.3 is 0 Å². The molecule has 0 saturated carbocycles. The minimum Gasteiger partial charge on any atom is -0.368 e. The highest BCUT2D eigenvalue weighted by atomic mass is 35.5. The van der Waals surface area contributed by atoms with Crippen LogP contribution in [0.2, 0.25) is 5.02 Å². The average molecular weight is 444 g/mol. The van der Waals surface area contributed by atoms with Crippen molar-refractivity contribution in [2.75, 3.05) is 44.2 Å². The van der Waals surface area contributed by atoms with Crippen molar-refractivity contribution in [3.05, 3.63) is 64.2 Å². The molecule has 164 valence electrons. The Hall–Kier alpha value is -2.44. The van der Waals surface area contributed by atoms with Gasteiger partial charge in [0.05, 0.1) is 21.8 Å². The third-order valence-electron chi connectivity index (χ3n) is 6.15. The van der Waals surface area contributed by atoms with Crippen LogP contribution in [0.5, 0.6) is 0 Å². The van der Waals surface area contributed by atoms with Gasteiger partial charge in [-0.3, -0.25) is 19.4 Å². The third-order valence-corrected chi connectivity index (χ3v) is 6.59. The Bertz CT molecular complexity index is 940. The van der Waals surface area contributed by atoms with Crippen molar-refractivity contribution in [2.24, 2.45) is 0 Å². The third kappa shape index (κ3) is 4.46.